The van der Waals surface area contributed by atoms with Gasteiger partial charge < -0.3 is 4.74 Å². The van der Waals surface area contributed by atoms with Crippen molar-refractivity contribution in [2.75, 3.05) is 19.7 Å². The molecule has 7 heteroatoms. The van der Waals surface area contributed by atoms with Crippen LogP contribution in [0.2, 0.25) is 5.02 Å². The normalized spacial score (nSPS) is 19.0. The second-order valence-corrected chi connectivity index (χ2v) is 6.35. The van der Waals surface area contributed by atoms with Crippen molar-refractivity contribution in [2.24, 2.45) is 0 Å². The summed E-state index contributed by atoms with van der Waals surface area (Å²) in [6.07, 6.45) is 5.17. The van der Waals surface area contributed by atoms with Crippen molar-refractivity contribution in [3.63, 3.8) is 0 Å². The molecule has 2 aromatic heterocycles. The van der Waals surface area contributed by atoms with E-state index in [9.17, 15) is 0 Å². The lowest BCUT2D eigenvalue weighted by molar-refractivity contribution is -0.0401. The highest BCUT2D eigenvalue weighted by Crippen LogP contribution is 2.26. The van der Waals surface area contributed by atoms with Crippen LogP contribution in [-0.4, -0.2) is 50.4 Å². The molecule has 0 N–H and O–H groups in total. The zero-order valence-corrected chi connectivity index (χ0v) is 13.9. The van der Waals surface area contributed by atoms with Crippen molar-refractivity contribution in [2.45, 2.75) is 19.2 Å². The lowest BCUT2D eigenvalue weighted by Crippen LogP contribution is -2.43. The molecule has 124 valence electrons. The highest BCUT2D eigenvalue weighted by Gasteiger charge is 2.22. The SMILES string of the molecule is Clc1ccc2cccnc2c1CN1CCOC(Cn2cncn2)C1. The molecule has 3 heterocycles. The third-order valence-electron chi connectivity index (χ3n) is 4.28. The Morgan fingerprint density at radius 1 is 1.29 bits per heavy atom. The molecule has 0 radical (unpaired) electrons. The molecule has 1 aliphatic heterocycles. The minimum absolute atomic E-state index is 0.0992. The van der Waals surface area contributed by atoms with Gasteiger partial charge in [-0.2, -0.15) is 5.10 Å². The van der Waals surface area contributed by atoms with Gasteiger partial charge in [-0.3, -0.25) is 14.6 Å². The van der Waals surface area contributed by atoms with Crippen LogP contribution in [0.25, 0.3) is 10.9 Å². The number of ether oxygens (including phenoxy) is 1. The summed E-state index contributed by atoms with van der Waals surface area (Å²) in [6.45, 7) is 3.89. The average molecular weight is 344 g/mol. The maximum atomic E-state index is 6.45. The molecule has 1 aromatic carbocycles. The number of fused-ring (bicyclic) bond motifs is 1. The predicted molar refractivity (Wildman–Crippen MR) is 91.8 cm³/mol. The molecule has 1 fully saturated rings. The quantitative estimate of drug-likeness (QED) is 0.728. The molecule has 24 heavy (non-hydrogen) atoms. The lowest BCUT2D eigenvalue weighted by atomic mass is 10.1. The average Bonchev–Trinajstić information content (AvgIpc) is 3.11. The van der Waals surface area contributed by atoms with Crippen LogP contribution in [0.4, 0.5) is 0 Å². The summed E-state index contributed by atoms with van der Waals surface area (Å²) in [4.78, 5) is 10.9. The Labute approximate surface area is 145 Å². The molecule has 0 aliphatic carbocycles. The third-order valence-corrected chi connectivity index (χ3v) is 4.64. The molecule has 3 aromatic rings. The zero-order valence-electron chi connectivity index (χ0n) is 13.2. The van der Waals surface area contributed by atoms with Crippen molar-refractivity contribution >= 4 is 22.5 Å². The summed E-state index contributed by atoms with van der Waals surface area (Å²) < 4.78 is 7.66. The Morgan fingerprint density at radius 2 is 2.25 bits per heavy atom. The van der Waals surface area contributed by atoms with E-state index in [-0.39, 0.29) is 6.10 Å². The number of aromatic nitrogens is 4. The van der Waals surface area contributed by atoms with Crippen LogP contribution in [-0.2, 0) is 17.8 Å². The van der Waals surface area contributed by atoms with Gasteiger partial charge in [-0.25, -0.2) is 4.98 Å². The maximum Gasteiger partial charge on any atom is 0.137 e. The summed E-state index contributed by atoms with van der Waals surface area (Å²) in [5.41, 5.74) is 2.06. The van der Waals surface area contributed by atoms with Crippen molar-refractivity contribution in [1.29, 1.82) is 0 Å². The van der Waals surface area contributed by atoms with Gasteiger partial charge in [0.1, 0.15) is 12.7 Å². The maximum absolute atomic E-state index is 6.45. The highest BCUT2D eigenvalue weighted by atomic mass is 35.5. The smallest absolute Gasteiger partial charge is 0.137 e. The Bertz CT molecular complexity index is 823. The fourth-order valence-electron chi connectivity index (χ4n) is 3.13. The number of hydrogen-bond acceptors (Lipinski definition) is 5. The highest BCUT2D eigenvalue weighted by molar-refractivity contribution is 6.32. The van der Waals surface area contributed by atoms with Crippen LogP contribution < -0.4 is 0 Å². The molecule has 1 saturated heterocycles. The molecule has 0 bridgehead atoms. The van der Waals surface area contributed by atoms with E-state index >= 15 is 0 Å². The van der Waals surface area contributed by atoms with E-state index in [0.29, 0.717) is 13.2 Å². The molecular weight excluding hydrogens is 326 g/mol. The molecule has 1 unspecified atom stereocenters. The summed E-state index contributed by atoms with van der Waals surface area (Å²) in [6, 6.07) is 7.98. The summed E-state index contributed by atoms with van der Waals surface area (Å²) in [5.74, 6) is 0. The first-order valence-electron chi connectivity index (χ1n) is 7.98. The molecule has 4 rings (SSSR count). The van der Waals surface area contributed by atoms with Crippen LogP contribution in [0, 0.1) is 0 Å². The van der Waals surface area contributed by atoms with Gasteiger partial charge in [0.2, 0.25) is 0 Å². The standard InChI is InChI=1S/C17H18ClN5O/c18-16-4-3-13-2-1-5-20-17(13)15(16)10-22-6-7-24-14(8-22)9-23-12-19-11-21-23/h1-5,11-12,14H,6-10H2. The van der Waals surface area contributed by atoms with E-state index in [0.717, 1.165) is 41.1 Å². The van der Waals surface area contributed by atoms with Gasteiger partial charge in [0.05, 0.1) is 24.8 Å². The minimum Gasteiger partial charge on any atom is -0.374 e. The van der Waals surface area contributed by atoms with E-state index < -0.39 is 0 Å². The van der Waals surface area contributed by atoms with Gasteiger partial charge >= 0.3 is 0 Å². The van der Waals surface area contributed by atoms with Gasteiger partial charge in [0.25, 0.3) is 0 Å². The van der Waals surface area contributed by atoms with Gasteiger partial charge in [-0.05, 0) is 12.1 Å². The van der Waals surface area contributed by atoms with E-state index in [1.807, 2.05) is 24.4 Å². The third kappa shape index (κ3) is 3.26. The van der Waals surface area contributed by atoms with Crippen molar-refractivity contribution in [3.8, 4) is 0 Å². The molecule has 6 nitrogen and oxygen atoms in total. The van der Waals surface area contributed by atoms with E-state index in [1.165, 1.54) is 0 Å². The first-order chi connectivity index (χ1) is 11.8. The lowest BCUT2D eigenvalue weighted by Gasteiger charge is -2.33. The fourth-order valence-corrected chi connectivity index (χ4v) is 3.34. The van der Waals surface area contributed by atoms with Gasteiger partial charge in [-0.1, -0.05) is 23.7 Å². The molecule has 0 saturated carbocycles. The largest absolute Gasteiger partial charge is 0.374 e. The molecule has 1 atom stereocenters. The Kier molecular flexibility index (Phi) is 4.42. The van der Waals surface area contributed by atoms with Crippen molar-refractivity contribution < 1.29 is 4.74 Å². The Hall–Kier alpha value is -2.02. The number of hydrogen-bond donors (Lipinski definition) is 0. The summed E-state index contributed by atoms with van der Waals surface area (Å²) in [7, 11) is 0. The first-order valence-corrected chi connectivity index (χ1v) is 8.36. The van der Waals surface area contributed by atoms with Crippen molar-refractivity contribution in [1.82, 2.24) is 24.6 Å². The topological polar surface area (TPSA) is 56.1 Å². The fraction of sp³-hybridized carbons (Fsp3) is 0.353. The molecule has 1 aliphatic rings. The number of pyridine rings is 1. The summed E-state index contributed by atoms with van der Waals surface area (Å²) in [5, 5.41) is 6.03. The number of benzene rings is 1. The number of nitrogens with zero attached hydrogens (tertiary/aromatic N) is 5. The Balaban J connectivity index is 1.52. The molecule has 0 spiro atoms. The van der Waals surface area contributed by atoms with Crippen LogP contribution in [0.15, 0.2) is 43.1 Å². The van der Waals surface area contributed by atoms with E-state index in [2.05, 4.69) is 26.0 Å². The molecular formula is C17H18ClN5O. The number of rotatable bonds is 4. The first kappa shape index (κ1) is 15.5. The zero-order chi connectivity index (χ0) is 16.4. The number of halogens is 1. The predicted octanol–water partition coefficient (Wildman–Crippen LogP) is 2.38. The second kappa shape index (κ2) is 6.84. The second-order valence-electron chi connectivity index (χ2n) is 5.95. The Morgan fingerprint density at radius 3 is 3.12 bits per heavy atom. The van der Waals surface area contributed by atoms with Crippen molar-refractivity contribution in [3.05, 3.63) is 53.7 Å². The minimum atomic E-state index is 0.0992. The number of morpholine rings is 1. The van der Waals surface area contributed by atoms with E-state index in [4.69, 9.17) is 16.3 Å². The van der Waals surface area contributed by atoms with Crippen LogP contribution in [0.3, 0.4) is 0 Å². The monoisotopic (exact) mass is 343 g/mol. The van der Waals surface area contributed by atoms with Gasteiger partial charge in [0.15, 0.2) is 0 Å². The van der Waals surface area contributed by atoms with Gasteiger partial charge in [-0.15, -0.1) is 0 Å². The van der Waals surface area contributed by atoms with E-state index in [1.54, 1.807) is 17.3 Å². The van der Waals surface area contributed by atoms with Gasteiger partial charge in [0, 0.05) is 41.8 Å². The summed E-state index contributed by atoms with van der Waals surface area (Å²) >= 11 is 6.45. The van der Waals surface area contributed by atoms with Crippen LogP contribution in [0.5, 0.6) is 0 Å². The van der Waals surface area contributed by atoms with Crippen LogP contribution in [0.1, 0.15) is 5.56 Å². The van der Waals surface area contributed by atoms with Crippen LogP contribution >= 0.6 is 11.6 Å². The molecule has 0 amide bonds.